The lowest BCUT2D eigenvalue weighted by Crippen LogP contribution is -2.46. The second-order valence-corrected chi connectivity index (χ2v) is 9.59. The van der Waals surface area contributed by atoms with Crippen molar-refractivity contribution in [3.05, 3.63) is 50.9 Å². The van der Waals surface area contributed by atoms with Crippen LogP contribution in [0.4, 0.5) is 5.69 Å². The van der Waals surface area contributed by atoms with Crippen molar-refractivity contribution < 1.29 is 9.47 Å². The smallest absolute Gasteiger partial charge is 0.164 e. The predicted octanol–water partition coefficient (Wildman–Crippen LogP) is 6.26. The summed E-state index contributed by atoms with van der Waals surface area (Å²) in [7, 11) is 1.70. The van der Waals surface area contributed by atoms with Crippen molar-refractivity contribution in [3.63, 3.8) is 0 Å². The lowest BCUT2D eigenvalue weighted by atomic mass is 10.2. The molecule has 1 aliphatic heterocycles. The maximum absolute atomic E-state index is 6.07. The Bertz CT molecular complexity index is 977. The van der Waals surface area contributed by atoms with Crippen LogP contribution in [0.25, 0.3) is 10.1 Å². The first-order chi connectivity index (χ1) is 14.2. The van der Waals surface area contributed by atoms with Gasteiger partial charge in [-0.15, -0.1) is 36.2 Å². The average molecular weight is 595 g/mol. The first kappa shape index (κ1) is 26.3. The van der Waals surface area contributed by atoms with Crippen LogP contribution in [0.2, 0.25) is 0 Å². The molecule has 2 heterocycles. The summed E-state index contributed by atoms with van der Waals surface area (Å²) in [5.41, 5.74) is 2.51. The van der Waals surface area contributed by atoms with Gasteiger partial charge in [0.05, 0.1) is 13.7 Å². The highest BCUT2D eigenvalue weighted by molar-refractivity contribution is 14.1. The molecule has 3 aromatic rings. The number of rotatable bonds is 7. The van der Waals surface area contributed by atoms with Crippen LogP contribution in [0.3, 0.4) is 0 Å². The molecule has 1 saturated heterocycles. The van der Waals surface area contributed by atoms with E-state index >= 15 is 0 Å². The van der Waals surface area contributed by atoms with Crippen LogP contribution in [0.1, 0.15) is 12.0 Å². The summed E-state index contributed by atoms with van der Waals surface area (Å²) in [6, 6.07) is 13.1. The van der Waals surface area contributed by atoms with Crippen molar-refractivity contribution in [1.29, 1.82) is 0 Å². The Balaban J connectivity index is 0.00000171. The third-order valence-corrected chi connectivity index (χ3v) is 6.98. The molecule has 0 N–H and O–H groups in total. The van der Waals surface area contributed by atoms with Gasteiger partial charge in [0.25, 0.3) is 0 Å². The normalized spacial score (nSPS) is 14.1. The van der Waals surface area contributed by atoms with Gasteiger partial charge >= 0.3 is 0 Å². The zero-order chi connectivity index (χ0) is 20.2. The lowest BCUT2D eigenvalue weighted by molar-refractivity contribution is 0.221. The molecule has 8 heteroatoms. The molecular weight excluding hydrogens is 566 g/mol. The maximum Gasteiger partial charge on any atom is 0.164 e. The number of anilines is 1. The van der Waals surface area contributed by atoms with Crippen molar-refractivity contribution in [2.45, 2.75) is 13.3 Å². The van der Waals surface area contributed by atoms with Gasteiger partial charge in [-0.25, -0.2) is 0 Å². The number of nitrogens with zero attached hydrogens (tertiary/aromatic N) is 2. The van der Waals surface area contributed by atoms with E-state index in [0.717, 1.165) is 56.2 Å². The Morgan fingerprint density at radius 3 is 2.58 bits per heavy atom. The fraction of sp³-hybridized carbons (Fsp3) is 0.391. The molecule has 1 aromatic heterocycles. The zero-order valence-corrected chi connectivity index (χ0v) is 22.4. The van der Waals surface area contributed by atoms with Crippen LogP contribution in [0.15, 0.2) is 41.8 Å². The van der Waals surface area contributed by atoms with Crippen LogP contribution in [0, 0.1) is 10.5 Å². The van der Waals surface area contributed by atoms with E-state index in [2.05, 4.69) is 75.0 Å². The maximum atomic E-state index is 6.07. The topological polar surface area (TPSA) is 24.9 Å². The molecule has 0 saturated carbocycles. The molecule has 0 amide bonds. The molecule has 0 aliphatic carbocycles. The van der Waals surface area contributed by atoms with Gasteiger partial charge in [0.15, 0.2) is 11.5 Å². The van der Waals surface area contributed by atoms with Gasteiger partial charge in [0.1, 0.15) is 0 Å². The monoisotopic (exact) mass is 594 g/mol. The van der Waals surface area contributed by atoms with Gasteiger partial charge in [0.2, 0.25) is 0 Å². The summed E-state index contributed by atoms with van der Waals surface area (Å²) in [5.74, 6) is 1.70. The minimum absolute atomic E-state index is 0. The van der Waals surface area contributed by atoms with Crippen molar-refractivity contribution >= 4 is 74.5 Å². The molecule has 4 nitrogen and oxygen atoms in total. The quantitative estimate of drug-likeness (QED) is 0.238. The standard InChI is InChI=1S/C23H27IN2O2S.2ClH/c1-17-15-18(24)16-21(27-2)23(17)28-13-4-8-25-9-11-26(12-10-25)20-5-3-6-22-19(20)7-14-29-22;;/h3,5-7,14-16H,4,8-13H2,1-2H3;2*1H. The third kappa shape index (κ3) is 6.32. The Morgan fingerprint density at radius 2 is 1.84 bits per heavy atom. The molecular formula is C23H29Cl2IN2O2S. The van der Waals surface area contributed by atoms with E-state index in [4.69, 9.17) is 9.47 Å². The molecule has 0 bridgehead atoms. The molecule has 1 fully saturated rings. The minimum Gasteiger partial charge on any atom is -0.493 e. The number of fused-ring (bicyclic) bond motifs is 1. The second kappa shape index (κ2) is 12.3. The molecule has 1 aliphatic rings. The third-order valence-electron chi connectivity index (χ3n) is 5.48. The molecule has 0 atom stereocenters. The predicted molar refractivity (Wildman–Crippen MR) is 146 cm³/mol. The van der Waals surface area contributed by atoms with E-state index in [9.17, 15) is 0 Å². The summed E-state index contributed by atoms with van der Waals surface area (Å²) in [6.45, 7) is 8.24. The number of piperazine rings is 1. The number of ether oxygens (including phenoxy) is 2. The Kier molecular flexibility index (Phi) is 10.5. The van der Waals surface area contributed by atoms with Crippen LogP contribution >= 0.6 is 58.7 Å². The van der Waals surface area contributed by atoms with Crippen molar-refractivity contribution in [1.82, 2.24) is 4.90 Å². The van der Waals surface area contributed by atoms with E-state index in [-0.39, 0.29) is 24.8 Å². The highest BCUT2D eigenvalue weighted by Gasteiger charge is 2.18. The Labute approximate surface area is 214 Å². The lowest BCUT2D eigenvalue weighted by Gasteiger charge is -2.36. The Hall–Kier alpha value is -0.930. The van der Waals surface area contributed by atoms with Gasteiger partial charge in [-0.2, -0.15) is 0 Å². The molecule has 4 rings (SSSR count). The number of methoxy groups -OCH3 is 1. The number of hydrogen-bond acceptors (Lipinski definition) is 5. The second-order valence-electron chi connectivity index (χ2n) is 7.39. The summed E-state index contributed by atoms with van der Waals surface area (Å²) in [4.78, 5) is 5.08. The molecule has 0 unspecified atom stereocenters. The molecule has 0 radical (unpaired) electrons. The highest BCUT2D eigenvalue weighted by Crippen LogP contribution is 2.33. The van der Waals surface area contributed by atoms with E-state index in [0.29, 0.717) is 6.61 Å². The highest BCUT2D eigenvalue weighted by atomic mass is 127. The van der Waals surface area contributed by atoms with Gasteiger partial charge < -0.3 is 14.4 Å². The fourth-order valence-electron chi connectivity index (χ4n) is 3.96. The summed E-state index contributed by atoms with van der Waals surface area (Å²) in [5, 5.41) is 3.58. The fourth-order valence-corrected chi connectivity index (χ4v) is 5.52. The zero-order valence-electron chi connectivity index (χ0n) is 17.8. The SMILES string of the molecule is COc1cc(I)cc(C)c1OCCCN1CCN(c2cccc3sccc23)CC1.Cl.Cl. The van der Waals surface area contributed by atoms with E-state index in [1.54, 1.807) is 7.11 Å². The van der Waals surface area contributed by atoms with Crippen LogP contribution < -0.4 is 14.4 Å². The van der Waals surface area contributed by atoms with Gasteiger partial charge in [-0.3, -0.25) is 4.90 Å². The number of benzene rings is 2. The first-order valence-electron chi connectivity index (χ1n) is 10.1. The summed E-state index contributed by atoms with van der Waals surface area (Å²) < 4.78 is 14.1. The Morgan fingerprint density at radius 1 is 1.06 bits per heavy atom. The molecule has 170 valence electrons. The van der Waals surface area contributed by atoms with E-state index in [1.165, 1.54) is 19.3 Å². The summed E-state index contributed by atoms with van der Waals surface area (Å²) in [6.07, 6.45) is 1.02. The van der Waals surface area contributed by atoms with Crippen LogP contribution in [-0.2, 0) is 0 Å². The van der Waals surface area contributed by atoms with E-state index < -0.39 is 0 Å². The largest absolute Gasteiger partial charge is 0.493 e. The minimum atomic E-state index is 0. The number of halogens is 3. The molecule has 0 spiro atoms. The van der Waals surface area contributed by atoms with Crippen LogP contribution in [-0.4, -0.2) is 51.3 Å². The number of hydrogen-bond donors (Lipinski definition) is 0. The first-order valence-corrected chi connectivity index (χ1v) is 12.0. The molecule has 2 aromatic carbocycles. The van der Waals surface area contributed by atoms with Crippen molar-refractivity contribution in [3.8, 4) is 11.5 Å². The van der Waals surface area contributed by atoms with Crippen molar-refractivity contribution in [2.75, 3.05) is 51.3 Å². The van der Waals surface area contributed by atoms with Gasteiger partial charge in [0, 0.05) is 52.1 Å². The van der Waals surface area contributed by atoms with E-state index in [1.807, 2.05) is 17.4 Å². The molecule has 31 heavy (non-hydrogen) atoms. The number of aryl methyl sites for hydroxylation is 1. The van der Waals surface area contributed by atoms with Crippen LogP contribution in [0.5, 0.6) is 11.5 Å². The van der Waals surface area contributed by atoms with Gasteiger partial charge in [-0.1, -0.05) is 6.07 Å². The average Bonchev–Trinajstić information content (AvgIpc) is 3.21. The summed E-state index contributed by atoms with van der Waals surface area (Å²) >= 11 is 4.13. The van der Waals surface area contributed by atoms with Crippen molar-refractivity contribution in [2.24, 2.45) is 0 Å². The van der Waals surface area contributed by atoms with Gasteiger partial charge in [-0.05, 0) is 77.2 Å². The number of thiophene rings is 1.